The summed E-state index contributed by atoms with van der Waals surface area (Å²) in [5.74, 6) is -4.72. The Morgan fingerprint density at radius 2 is 1.75 bits per heavy atom. The summed E-state index contributed by atoms with van der Waals surface area (Å²) in [4.78, 5) is 65.7. The third-order valence-electron chi connectivity index (χ3n) is 12.3. The molecular formula is C40H61N7O10. The van der Waals surface area contributed by atoms with E-state index in [-0.39, 0.29) is 37.3 Å². The molecule has 3 saturated heterocycles. The highest BCUT2D eigenvalue weighted by atomic mass is 16.7. The molecule has 0 aliphatic carbocycles. The summed E-state index contributed by atoms with van der Waals surface area (Å²) in [7, 11) is 5.21. The Labute approximate surface area is 335 Å². The summed E-state index contributed by atoms with van der Waals surface area (Å²) < 4.78 is 31.1. The molecule has 57 heavy (non-hydrogen) atoms. The molecule has 0 saturated carbocycles. The van der Waals surface area contributed by atoms with Crippen LogP contribution in [0.4, 0.5) is 4.79 Å². The van der Waals surface area contributed by atoms with Gasteiger partial charge in [0.05, 0.1) is 30.4 Å². The number of aryl methyl sites for hydroxylation is 1. The molecule has 13 atom stereocenters. The average molecular weight is 800 g/mol. The molecule has 0 bridgehead atoms. The first-order chi connectivity index (χ1) is 26.9. The fourth-order valence-corrected chi connectivity index (χ4v) is 9.04. The number of hydrogen-bond donors (Lipinski definition) is 1. The second kappa shape index (κ2) is 17.9. The molecule has 17 heteroatoms. The number of pyridine rings is 1. The molecule has 1 amide bonds. The van der Waals surface area contributed by atoms with Gasteiger partial charge in [-0.25, -0.2) is 4.79 Å². The van der Waals surface area contributed by atoms with Gasteiger partial charge in [-0.05, 0) is 84.8 Å². The van der Waals surface area contributed by atoms with E-state index < -0.39 is 83.4 Å². The lowest BCUT2D eigenvalue weighted by molar-refractivity contribution is -0.295. The van der Waals surface area contributed by atoms with Crippen molar-refractivity contribution >= 4 is 23.6 Å². The molecule has 3 aliphatic heterocycles. The number of hydrogen-bond acceptors (Lipinski definition) is 15. The van der Waals surface area contributed by atoms with Gasteiger partial charge in [-0.15, -0.1) is 10.2 Å². The Morgan fingerprint density at radius 3 is 2.39 bits per heavy atom. The predicted molar refractivity (Wildman–Crippen MR) is 205 cm³/mol. The molecule has 0 radical (unpaired) electrons. The van der Waals surface area contributed by atoms with E-state index in [4.69, 9.17) is 23.7 Å². The lowest BCUT2D eigenvalue weighted by Gasteiger charge is -2.47. The first-order valence-corrected chi connectivity index (χ1v) is 20.0. The predicted octanol–water partition coefficient (Wildman–Crippen LogP) is 3.33. The van der Waals surface area contributed by atoms with E-state index in [2.05, 4.69) is 20.4 Å². The number of rotatable bonds is 10. The quantitative estimate of drug-likeness (QED) is 0.271. The fourth-order valence-electron chi connectivity index (χ4n) is 9.04. The third-order valence-corrected chi connectivity index (χ3v) is 12.3. The molecule has 3 aliphatic rings. The number of likely N-dealkylation sites (N-methyl/N-ethyl adjacent to an activating group) is 1. The molecular weight excluding hydrogens is 738 g/mol. The number of carbonyl (C=O) groups is 4. The second-order valence-electron chi connectivity index (χ2n) is 16.7. The zero-order valence-electron chi connectivity index (χ0n) is 35.2. The second-order valence-corrected chi connectivity index (χ2v) is 16.7. The van der Waals surface area contributed by atoms with Crippen LogP contribution in [0.1, 0.15) is 81.1 Å². The van der Waals surface area contributed by atoms with E-state index in [9.17, 15) is 24.3 Å². The smallest absolute Gasteiger partial charge is 0.410 e. The van der Waals surface area contributed by atoms with Crippen molar-refractivity contribution < 1.29 is 48.0 Å². The van der Waals surface area contributed by atoms with Gasteiger partial charge in [-0.3, -0.25) is 19.4 Å². The van der Waals surface area contributed by atoms with Crippen molar-refractivity contribution in [1.82, 2.24) is 35.0 Å². The van der Waals surface area contributed by atoms with E-state index in [1.54, 1.807) is 60.0 Å². The van der Waals surface area contributed by atoms with Crippen LogP contribution in [0.5, 0.6) is 0 Å². The zero-order chi connectivity index (χ0) is 42.0. The van der Waals surface area contributed by atoms with Crippen LogP contribution < -0.4 is 0 Å². The van der Waals surface area contributed by atoms with Gasteiger partial charge < -0.3 is 38.6 Å². The van der Waals surface area contributed by atoms with Crippen molar-refractivity contribution in [2.24, 2.45) is 23.7 Å². The average Bonchev–Trinajstić information content (AvgIpc) is 3.76. The number of Topliss-reactive ketones (excluding diaryl/α,β-unsaturated/α-hetero) is 2. The number of aliphatic hydroxyl groups excluding tert-OH is 1. The lowest BCUT2D eigenvalue weighted by atomic mass is 9.73. The molecule has 5 rings (SSSR count). The minimum absolute atomic E-state index is 0.107. The molecule has 1 N–H and O–H groups in total. The van der Waals surface area contributed by atoms with Crippen LogP contribution in [0, 0.1) is 23.7 Å². The highest BCUT2D eigenvalue weighted by molar-refractivity contribution is 6.00. The van der Waals surface area contributed by atoms with Gasteiger partial charge in [0.25, 0.3) is 0 Å². The molecule has 5 heterocycles. The SMILES string of the molecule is CC[C@H]1OC(=O)[C@H](C)C(=O)[C@H](C)[C@@H](O[C@@H]2O[C@H](C)C[C@H](N(C)C)[C@H]2O)[C@](C)(OC)C[C@@H](C)C(=O)[C@H](C)[C@H]2N(CCCn3nnc(-c4cccnc4)n3)C(=O)O[C@]12C. The van der Waals surface area contributed by atoms with Gasteiger partial charge in [0.15, 0.2) is 17.7 Å². The fraction of sp³-hybridized carbons (Fsp3) is 0.750. The van der Waals surface area contributed by atoms with Crippen LogP contribution in [0.3, 0.4) is 0 Å². The van der Waals surface area contributed by atoms with Crippen molar-refractivity contribution in [2.45, 2.75) is 142 Å². The Morgan fingerprint density at radius 1 is 1.04 bits per heavy atom. The Kier molecular flexibility index (Phi) is 13.9. The van der Waals surface area contributed by atoms with Crippen LogP contribution in [0.15, 0.2) is 24.5 Å². The minimum Gasteiger partial charge on any atom is -0.458 e. The van der Waals surface area contributed by atoms with Crippen LogP contribution >= 0.6 is 0 Å². The number of esters is 1. The number of nitrogens with zero attached hydrogens (tertiary/aromatic N) is 7. The van der Waals surface area contributed by atoms with Gasteiger partial charge in [0.1, 0.15) is 23.9 Å². The number of amides is 1. The molecule has 0 aromatic carbocycles. The number of aliphatic hydroxyl groups is 1. The van der Waals surface area contributed by atoms with Crippen molar-refractivity contribution in [3.8, 4) is 11.4 Å². The molecule has 0 unspecified atom stereocenters. The van der Waals surface area contributed by atoms with Crippen molar-refractivity contribution in [3.05, 3.63) is 24.5 Å². The number of methoxy groups -OCH3 is 1. The topological polar surface area (TPSA) is 198 Å². The summed E-state index contributed by atoms with van der Waals surface area (Å²) in [6.07, 6.45) is -0.567. The normalized spacial score (nSPS) is 37.1. The van der Waals surface area contributed by atoms with E-state index in [1.165, 1.54) is 23.7 Å². The molecule has 2 aromatic heterocycles. The molecule has 3 fully saturated rings. The Bertz CT molecular complexity index is 1730. The molecule has 17 nitrogen and oxygen atoms in total. The molecule has 316 valence electrons. The van der Waals surface area contributed by atoms with Crippen LogP contribution in [-0.2, 0) is 44.6 Å². The first kappa shape index (κ1) is 44.2. The number of tetrazole rings is 1. The third kappa shape index (κ3) is 9.07. The maximum atomic E-state index is 14.7. The van der Waals surface area contributed by atoms with Gasteiger partial charge in [-0.1, -0.05) is 27.7 Å². The van der Waals surface area contributed by atoms with Gasteiger partial charge >= 0.3 is 12.1 Å². The van der Waals surface area contributed by atoms with E-state index in [0.717, 1.165) is 0 Å². The number of fused-ring (bicyclic) bond motifs is 1. The van der Waals surface area contributed by atoms with Gasteiger partial charge in [0, 0.05) is 55.4 Å². The van der Waals surface area contributed by atoms with Crippen molar-refractivity contribution in [2.75, 3.05) is 27.7 Å². The van der Waals surface area contributed by atoms with E-state index in [0.29, 0.717) is 30.8 Å². The lowest BCUT2D eigenvalue weighted by Crippen LogP contribution is -2.60. The van der Waals surface area contributed by atoms with Crippen LogP contribution in [-0.4, -0.2) is 145 Å². The van der Waals surface area contributed by atoms with Crippen LogP contribution in [0.25, 0.3) is 11.4 Å². The highest BCUT2D eigenvalue weighted by Gasteiger charge is 2.60. The summed E-state index contributed by atoms with van der Waals surface area (Å²) in [5.41, 5.74) is -2.02. The maximum absolute atomic E-state index is 14.7. The van der Waals surface area contributed by atoms with Crippen molar-refractivity contribution in [3.63, 3.8) is 0 Å². The number of aromatic nitrogens is 5. The summed E-state index contributed by atoms with van der Waals surface area (Å²) in [6.45, 7) is 14.3. The Hall–Kier alpha value is -3.90. The standard InChI is InChI=1S/C40H61N7O10/c1-12-29-40(8)33(46(38(52)57-40)17-14-18-47-43-35(42-44-47)27-15-13-16-41-21-27)24(4)30(48)22(2)20-39(7,53-11)34(25(5)31(49)26(6)36(51)55-29)56-37-32(50)28(45(9)10)19-23(3)54-37/h13,15-16,21-26,28-29,32-34,37,50H,12,14,17-20H2,1-11H3/t22-,23-,24+,25+,26-,28+,29-,32-,33-,34-,37+,39-,40-/m1/s1. The first-order valence-electron chi connectivity index (χ1n) is 20.0. The number of carbonyl (C=O) groups excluding carboxylic acids is 4. The largest absolute Gasteiger partial charge is 0.458 e. The summed E-state index contributed by atoms with van der Waals surface area (Å²) in [5, 5.41) is 24.2. The number of ether oxygens (including phenoxy) is 5. The molecule has 2 aromatic rings. The number of cyclic esters (lactones) is 1. The minimum atomic E-state index is -1.45. The monoisotopic (exact) mass is 799 g/mol. The van der Waals surface area contributed by atoms with Gasteiger partial charge in [0.2, 0.25) is 5.82 Å². The van der Waals surface area contributed by atoms with E-state index in [1.807, 2.05) is 32.0 Å². The zero-order valence-corrected chi connectivity index (χ0v) is 35.2. The van der Waals surface area contributed by atoms with Gasteiger partial charge in [-0.2, -0.15) is 4.80 Å². The highest BCUT2D eigenvalue weighted by Crippen LogP contribution is 2.43. The summed E-state index contributed by atoms with van der Waals surface area (Å²) >= 11 is 0. The van der Waals surface area contributed by atoms with Crippen LogP contribution in [0.2, 0.25) is 0 Å². The van der Waals surface area contributed by atoms with Crippen molar-refractivity contribution in [1.29, 1.82) is 0 Å². The number of ketones is 2. The summed E-state index contributed by atoms with van der Waals surface area (Å²) in [6, 6.07) is 2.47. The van der Waals surface area contributed by atoms with E-state index >= 15 is 0 Å². The Balaban J connectivity index is 1.47. The maximum Gasteiger partial charge on any atom is 0.410 e. The molecule has 0 spiro atoms.